The van der Waals surface area contributed by atoms with Crippen LogP contribution in [-0.4, -0.2) is 0 Å². The Morgan fingerprint density at radius 1 is 0.759 bits per heavy atom. The van der Waals surface area contributed by atoms with E-state index in [1.807, 2.05) is 0 Å². The van der Waals surface area contributed by atoms with Crippen LogP contribution in [-0.2, 0) is 6.42 Å². The van der Waals surface area contributed by atoms with Crippen LogP contribution in [0.3, 0.4) is 0 Å². The molecule has 1 aliphatic carbocycles. The number of allylic oxidation sites excluding steroid dienone is 1. The third-order valence-electron chi connectivity index (χ3n) is 6.74. The van der Waals surface area contributed by atoms with Gasteiger partial charge in [-0.25, -0.2) is 0 Å². The fraction of sp³-hybridized carbons (Fsp3) is 0.143. The molecule has 0 bridgehead atoms. The number of hydrogen-bond donors (Lipinski definition) is 1. The van der Waals surface area contributed by atoms with Gasteiger partial charge in [0.2, 0.25) is 0 Å². The van der Waals surface area contributed by atoms with Gasteiger partial charge in [0.15, 0.2) is 0 Å². The van der Waals surface area contributed by atoms with Gasteiger partial charge in [-0.3, -0.25) is 0 Å². The van der Waals surface area contributed by atoms with E-state index in [4.69, 9.17) is 0 Å². The first-order chi connectivity index (χ1) is 14.3. The molecule has 0 saturated carbocycles. The highest BCUT2D eigenvalue weighted by atomic mass is 14.9. The zero-order valence-corrected chi connectivity index (χ0v) is 16.5. The normalized spacial score (nSPS) is 19.9. The average molecular weight is 373 g/mol. The summed E-state index contributed by atoms with van der Waals surface area (Å²) in [6.07, 6.45) is 1.09. The lowest BCUT2D eigenvalue weighted by Gasteiger charge is -2.40. The average Bonchev–Trinajstić information content (AvgIpc) is 2.78. The van der Waals surface area contributed by atoms with Gasteiger partial charge in [-0.2, -0.15) is 0 Å². The highest BCUT2D eigenvalue weighted by Crippen LogP contribution is 2.50. The predicted octanol–water partition coefficient (Wildman–Crippen LogP) is 7.00. The molecule has 29 heavy (non-hydrogen) atoms. The molecular formula is C28H23N. The second-order valence-corrected chi connectivity index (χ2v) is 8.29. The molecule has 0 saturated heterocycles. The Labute approximate surface area is 171 Å². The van der Waals surface area contributed by atoms with E-state index in [1.165, 1.54) is 50.0 Å². The summed E-state index contributed by atoms with van der Waals surface area (Å²) >= 11 is 0. The molecule has 2 aliphatic rings. The van der Waals surface area contributed by atoms with Gasteiger partial charge in [-0.15, -0.1) is 0 Å². The van der Waals surface area contributed by atoms with E-state index >= 15 is 0 Å². The van der Waals surface area contributed by atoms with Gasteiger partial charge in [0.1, 0.15) is 0 Å². The van der Waals surface area contributed by atoms with E-state index in [-0.39, 0.29) is 0 Å². The second-order valence-electron chi connectivity index (χ2n) is 8.29. The third-order valence-corrected chi connectivity index (χ3v) is 6.74. The minimum absolute atomic E-state index is 0.466. The zero-order valence-electron chi connectivity index (χ0n) is 16.5. The topological polar surface area (TPSA) is 12.0 Å². The summed E-state index contributed by atoms with van der Waals surface area (Å²) in [6.45, 7) is 2.40. The first kappa shape index (κ1) is 16.6. The second kappa shape index (κ2) is 6.35. The van der Waals surface area contributed by atoms with Crippen molar-refractivity contribution in [1.82, 2.24) is 0 Å². The third kappa shape index (κ3) is 2.47. The summed E-state index contributed by atoms with van der Waals surface area (Å²) in [5, 5.41) is 6.55. The molecule has 0 radical (unpaired) electrons. The minimum atomic E-state index is 0.466. The highest BCUT2D eigenvalue weighted by molar-refractivity contribution is 5.99. The van der Waals surface area contributed by atoms with Crippen LogP contribution in [0.1, 0.15) is 35.1 Å². The summed E-state index contributed by atoms with van der Waals surface area (Å²) in [5.41, 5.74) is 9.59. The maximum atomic E-state index is 3.94. The Morgan fingerprint density at radius 2 is 1.52 bits per heavy atom. The summed E-state index contributed by atoms with van der Waals surface area (Å²) in [5.74, 6) is 0.937. The Bertz CT molecular complexity index is 1270. The number of benzene rings is 4. The van der Waals surface area contributed by atoms with Crippen LogP contribution in [0.15, 0.2) is 96.7 Å². The van der Waals surface area contributed by atoms with Crippen LogP contribution >= 0.6 is 0 Å². The van der Waals surface area contributed by atoms with Crippen molar-refractivity contribution in [2.75, 3.05) is 5.32 Å². The lowest BCUT2D eigenvalue weighted by Crippen LogP contribution is -2.30. The van der Waals surface area contributed by atoms with Gasteiger partial charge in [-0.05, 0) is 40.0 Å². The van der Waals surface area contributed by atoms with Crippen molar-refractivity contribution in [1.29, 1.82) is 0 Å². The fourth-order valence-electron chi connectivity index (χ4n) is 5.27. The predicted molar refractivity (Wildman–Crippen MR) is 122 cm³/mol. The standard InChI is InChI=1S/C28H23N/c1-18-22-16-15-19-9-5-8-14-24(19)27(22)29-28-25(18)17-21-12-6-7-13-23(21)26(28)20-10-3-2-4-11-20/h2-16,18,25,29H,17H2,1H3. The van der Waals surface area contributed by atoms with Crippen LogP contribution in [0.4, 0.5) is 5.69 Å². The van der Waals surface area contributed by atoms with E-state index < -0.39 is 0 Å². The molecule has 2 atom stereocenters. The molecule has 1 heterocycles. The van der Waals surface area contributed by atoms with Crippen LogP contribution in [0, 0.1) is 5.92 Å². The molecule has 1 N–H and O–H groups in total. The Balaban J connectivity index is 1.66. The van der Waals surface area contributed by atoms with Crippen molar-refractivity contribution in [3.63, 3.8) is 0 Å². The van der Waals surface area contributed by atoms with Crippen molar-refractivity contribution in [3.05, 3.63) is 119 Å². The molecule has 1 nitrogen and oxygen atoms in total. The van der Waals surface area contributed by atoms with Crippen LogP contribution in [0.2, 0.25) is 0 Å². The number of anilines is 1. The van der Waals surface area contributed by atoms with Crippen molar-refractivity contribution in [3.8, 4) is 0 Å². The quantitative estimate of drug-likeness (QED) is 0.379. The number of nitrogens with one attached hydrogen (secondary N) is 1. The molecule has 0 amide bonds. The maximum absolute atomic E-state index is 3.94. The molecule has 0 spiro atoms. The Morgan fingerprint density at radius 3 is 2.41 bits per heavy atom. The van der Waals surface area contributed by atoms with Crippen molar-refractivity contribution >= 4 is 22.0 Å². The SMILES string of the molecule is CC1c2ccc3ccccc3c2NC2=C(c3ccccc3)c3ccccc3CC21. The lowest BCUT2D eigenvalue weighted by molar-refractivity contribution is 0.499. The molecular weight excluding hydrogens is 350 g/mol. The molecule has 1 heteroatoms. The zero-order chi connectivity index (χ0) is 19.4. The van der Waals surface area contributed by atoms with Crippen molar-refractivity contribution in [2.45, 2.75) is 19.3 Å². The van der Waals surface area contributed by atoms with Gasteiger partial charge in [0.05, 0.1) is 0 Å². The molecule has 4 aromatic carbocycles. The summed E-state index contributed by atoms with van der Waals surface area (Å²) < 4.78 is 0. The van der Waals surface area contributed by atoms with Gasteiger partial charge >= 0.3 is 0 Å². The first-order valence-corrected chi connectivity index (χ1v) is 10.5. The Hall–Kier alpha value is -3.32. The van der Waals surface area contributed by atoms with Crippen LogP contribution in [0.5, 0.6) is 0 Å². The molecule has 140 valence electrons. The van der Waals surface area contributed by atoms with Crippen LogP contribution in [0.25, 0.3) is 16.3 Å². The highest BCUT2D eigenvalue weighted by Gasteiger charge is 2.36. The number of rotatable bonds is 1. The summed E-state index contributed by atoms with van der Waals surface area (Å²) in [6, 6.07) is 33.1. The maximum Gasteiger partial charge on any atom is 0.0497 e. The van der Waals surface area contributed by atoms with Crippen molar-refractivity contribution < 1.29 is 0 Å². The fourth-order valence-corrected chi connectivity index (χ4v) is 5.27. The molecule has 4 aromatic rings. The lowest BCUT2D eigenvalue weighted by atomic mass is 9.70. The van der Waals surface area contributed by atoms with Gasteiger partial charge < -0.3 is 5.32 Å². The van der Waals surface area contributed by atoms with Crippen molar-refractivity contribution in [2.24, 2.45) is 5.92 Å². The summed E-state index contributed by atoms with van der Waals surface area (Å²) in [4.78, 5) is 0. The van der Waals surface area contributed by atoms with Gasteiger partial charge in [0.25, 0.3) is 0 Å². The molecule has 0 fully saturated rings. The van der Waals surface area contributed by atoms with Gasteiger partial charge in [0, 0.05) is 28.3 Å². The monoisotopic (exact) mass is 373 g/mol. The summed E-state index contributed by atoms with van der Waals surface area (Å²) in [7, 11) is 0. The Kier molecular flexibility index (Phi) is 3.64. The van der Waals surface area contributed by atoms with E-state index in [1.54, 1.807) is 0 Å². The van der Waals surface area contributed by atoms with E-state index in [9.17, 15) is 0 Å². The largest absolute Gasteiger partial charge is 0.357 e. The molecule has 0 aromatic heterocycles. The van der Waals surface area contributed by atoms with Crippen LogP contribution < -0.4 is 5.32 Å². The number of hydrogen-bond acceptors (Lipinski definition) is 1. The van der Waals surface area contributed by atoms with E-state index in [0.29, 0.717) is 11.8 Å². The van der Waals surface area contributed by atoms with E-state index in [0.717, 1.165) is 6.42 Å². The molecule has 6 rings (SSSR count). The van der Waals surface area contributed by atoms with Gasteiger partial charge in [-0.1, -0.05) is 97.9 Å². The molecule has 2 unspecified atom stereocenters. The number of fused-ring (bicyclic) bond motifs is 5. The minimum Gasteiger partial charge on any atom is -0.357 e. The first-order valence-electron chi connectivity index (χ1n) is 10.5. The molecule has 1 aliphatic heterocycles. The smallest absolute Gasteiger partial charge is 0.0497 e. The van der Waals surface area contributed by atoms with E-state index in [2.05, 4.69) is 103 Å².